The Morgan fingerprint density at radius 1 is 1.09 bits per heavy atom. The lowest BCUT2D eigenvalue weighted by Crippen LogP contribution is -2.44. The number of fused-ring (bicyclic) bond motifs is 1. The number of hydrogen-bond acceptors (Lipinski definition) is 2. The van der Waals surface area contributed by atoms with Crippen LogP contribution in [0.15, 0.2) is 18.2 Å². The standard InChI is InChI=1S/C21H29NO/c1-12-7-8-13(2)18(11-12)19-14(3)9-10-17-20(19)22(6)16(5)15(4)21(17)23/h9-13,15-16H,7-8H2,1-6H3. The SMILES string of the molecule is Cc1ccc2c(c1C1=CC(C)CCC1C)N(C)C(C)C(C)C2=O. The summed E-state index contributed by atoms with van der Waals surface area (Å²) in [5.74, 6) is 1.54. The van der Waals surface area contributed by atoms with E-state index in [1.165, 1.54) is 29.5 Å². The fourth-order valence-electron chi connectivity index (χ4n) is 4.18. The quantitative estimate of drug-likeness (QED) is 0.719. The molecule has 0 fully saturated rings. The third-order valence-electron chi connectivity index (χ3n) is 6.09. The molecule has 0 aromatic heterocycles. The van der Waals surface area contributed by atoms with E-state index in [2.05, 4.69) is 58.7 Å². The second kappa shape index (κ2) is 5.81. The van der Waals surface area contributed by atoms with Crippen molar-refractivity contribution >= 4 is 17.0 Å². The highest BCUT2D eigenvalue weighted by molar-refractivity contribution is 6.07. The Balaban J connectivity index is 2.25. The zero-order valence-corrected chi connectivity index (χ0v) is 15.3. The fourth-order valence-corrected chi connectivity index (χ4v) is 4.18. The fraction of sp³-hybridized carbons (Fsp3) is 0.571. The predicted octanol–water partition coefficient (Wildman–Crippen LogP) is 5.10. The molecule has 4 atom stereocenters. The van der Waals surface area contributed by atoms with Crippen molar-refractivity contribution in [1.82, 2.24) is 0 Å². The molecule has 0 saturated carbocycles. The molecule has 1 aliphatic heterocycles. The van der Waals surface area contributed by atoms with Crippen molar-refractivity contribution in [3.63, 3.8) is 0 Å². The first-order valence-electron chi connectivity index (χ1n) is 8.95. The van der Waals surface area contributed by atoms with Gasteiger partial charge in [0.15, 0.2) is 5.78 Å². The van der Waals surface area contributed by atoms with Gasteiger partial charge in [0.05, 0.1) is 5.69 Å². The van der Waals surface area contributed by atoms with Gasteiger partial charge in [0.1, 0.15) is 0 Å². The molecule has 0 spiro atoms. The van der Waals surface area contributed by atoms with Gasteiger partial charge in [-0.15, -0.1) is 0 Å². The maximum atomic E-state index is 12.8. The van der Waals surface area contributed by atoms with Crippen LogP contribution in [0.4, 0.5) is 5.69 Å². The van der Waals surface area contributed by atoms with Gasteiger partial charge in [-0.1, -0.05) is 32.9 Å². The molecule has 2 nitrogen and oxygen atoms in total. The summed E-state index contributed by atoms with van der Waals surface area (Å²) in [5, 5.41) is 0. The van der Waals surface area contributed by atoms with Crippen LogP contribution < -0.4 is 4.90 Å². The van der Waals surface area contributed by atoms with Crippen LogP contribution in [0.2, 0.25) is 0 Å². The van der Waals surface area contributed by atoms with Gasteiger partial charge in [0, 0.05) is 30.1 Å². The molecule has 0 N–H and O–H groups in total. The van der Waals surface area contributed by atoms with Crippen LogP contribution in [-0.2, 0) is 0 Å². The zero-order chi connectivity index (χ0) is 16.9. The number of hydrogen-bond donors (Lipinski definition) is 0. The number of anilines is 1. The van der Waals surface area contributed by atoms with Crippen LogP contribution >= 0.6 is 0 Å². The molecule has 3 rings (SSSR count). The summed E-state index contributed by atoms with van der Waals surface area (Å²) in [6, 6.07) is 4.41. The minimum atomic E-state index is 0.0553. The van der Waals surface area contributed by atoms with Crippen LogP contribution in [0.25, 0.3) is 5.57 Å². The topological polar surface area (TPSA) is 20.3 Å². The average Bonchev–Trinajstić information content (AvgIpc) is 2.53. The Morgan fingerprint density at radius 2 is 1.78 bits per heavy atom. The molecule has 1 aliphatic carbocycles. The minimum Gasteiger partial charge on any atom is -0.370 e. The van der Waals surface area contributed by atoms with E-state index < -0.39 is 0 Å². The first-order valence-corrected chi connectivity index (χ1v) is 8.95. The maximum Gasteiger partial charge on any atom is 0.169 e. The van der Waals surface area contributed by atoms with Crippen LogP contribution in [0.1, 0.15) is 62.0 Å². The molecular weight excluding hydrogens is 282 g/mol. The first-order chi connectivity index (χ1) is 10.8. The molecule has 4 unspecified atom stereocenters. The van der Waals surface area contributed by atoms with Crippen molar-refractivity contribution < 1.29 is 4.79 Å². The van der Waals surface area contributed by atoms with Crippen LogP contribution in [0.3, 0.4) is 0 Å². The molecule has 2 heteroatoms. The molecule has 23 heavy (non-hydrogen) atoms. The molecule has 1 aromatic rings. The van der Waals surface area contributed by atoms with E-state index in [1.807, 2.05) is 6.07 Å². The van der Waals surface area contributed by atoms with E-state index in [9.17, 15) is 4.79 Å². The number of nitrogens with zero attached hydrogens (tertiary/aromatic N) is 1. The van der Waals surface area contributed by atoms with Gasteiger partial charge in [0.2, 0.25) is 0 Å². The average molecular weight is 311 g/mol. The lowest BCUT2D eigenvalue weighted by atomic mass is 9.76. The van der Waals surface area contributed by atoms with E-state index in [-0.39, 0.29) is 12.0 Å². The molecule has 2 aliphatic rings. The predicted molar refractivity (Wildman–Crippen MR) is 98.1 cm³/mol. The Kier molecular flexibility index (Phi) is 4.12. The highest BCUT2D eigenvalue weighted by atomic mass is 16.1. The third kappa shape index (κ3) is 2.52. The van der Waals surface area contributed by atoms with Crippen molar-refractivity contribution in [2.45, 2.75) is 53.5 Å². The van der Waals surface area contributed by atoms with Crippen molar-refractivity contribution in [1.29, 1.82) is 0 Å². The normalized spacial score (nSPS) is 31.0. The summed E-state index contributed by atoms with van der Waals surface area (Å²) >= 11 is 0. The van der Waals surface area contributed by atoms with Crippen molar-refractivity contribution in [3.8, 4) is 0 Å². The van der Waals surface area contributed by atoms with Crippen LogP contribution in [0.5, 0.6) is 0 Å². The Bertz CT molecular complexity index is 673. The minimum absolute atomic E-state index is 0.0553. The Hall–Kier alpha value is -1.57. The first kappa shape index (κ1) is 16.3. The second-order valence-corrected chi connectivity index (χ2v) is 7.74. The summed E-state index contributed by atoms with van der Waals surface area (Å²) in [6.45, 7) is 11.0. The summed E-state index contributed by atoms with van der Waals surface area (Å²) in [4.78, 5) is 15.1. The molecule has 0 saturated heterocycles. The van der Waals surface area contributed by atoms with Gasteiger partial charge in [-0.25, -0.2) is 0 Å². The molecule has 124 valence electrons. The van der Waals surface area contributed by atoms with Crippen molar-refractivity contribution in [2.75, 3.05) is 11.9 Å². The van der Waals surface area contributed by atoms with E-state index in [0.29, 0.717) is 17.6 Å². The summed E-state index contributed by atoms with van der Waals surface area (Å²) < 4.78 is 0. The van der Waals surface area contributed by atoms with Gasteiger partial charge in [-0.05, 0) is 55.7 Å². The Morgan fingerprint density at radius 3 is 2.48 bits per heavy atom. The lowest BCUT2D eigenvalue weighted by molar-refractivity contribution is 0.0906. The van der Waals surface area contributed by atoms with Gasteiger partial charge < -0.3 is 4.90 Å². The van der Waals surface area contributed by atoms with Gasteiger partial charge in [-0.2, -0.15) is 0 Å². The van der Waals surface area contributed by atoms with Gasteiger partial charge in [0.25, 0.3) is 0 Å². The van der Waals surface area contributed by atoms with Crippen LogP contribution in [0, 0.1) is 24.7 Å². The van der Waals surface area contributed by atoms with E-state index in [4.69, 9.17) is 0 Å². The maximum absolute atomic E-state index is 12.8. The van der Waals surface area contributed by atoms with Gasteiger partial charge >= 0.3 is 0 Å². The van der Waals surface area contributed by atoms with E-state index >= 15 is 0 Å². The third-order valence-corrected chi connectivity index (χ3v) is 6.09. The molecule has 0 bridgehead atoms. The monoisotopic (exact) mass is 311 g/mol. The number of carbonyl (C=O) groups is 1. The lowest BCUT2D eigenvalue weighted by Gasteiger charge is -2.40. The number of benzene rings is 1. The molecule has 0 amide bonds. The molecule has 1 heterocycles. The van der Waals surface area contributed by atoms with E-state index in [0.717, 1.165) is 11.3 Å². The zero-order valence-electron chi connectivity index (χ0n) is 15.3. The largest absolute Gasteiger partial charge is 0.370 e. The highest BCUT2D eigenvalue weighted by Crippen LogP contribution is 2.44. The number of ketones is 1. The van der Waals surface area contributed by atoms with E-state index in [1.54, 1.807) is 0 Å². The van der Waals surface area contributed by atoms with Crippen molar-refractivity contribution in [3.05, 3.63) is 34.9 Å². The van der Waals surface area contributed by atoms with Crippen molar-refractivity contribution in [2.24, 2.45) is 17.8 Å². The molecule has 1 aromatic carbocycles. The molecule has 0 radical (unpaired) electrons. The number of aryl methyl sites for hydroxylation is 1. The highest BCUT2D eigenvalue weighted by Gasteiger charge is 2.36. The molecular formula is C21H29NO. The summed E-state index contributed by atoms with van der Waals surface area (Å²) in [7, 11) is 2.15. The number of rotatable bonds is 1. The number of carbonyl (C=O) groups excluding carboxylic acids is 1. The van der Waals surface area contributed by atoms with Crippen LogP contribution in [-0.4, -0.2) is 18.9 Å². The second-order valence-electron chi connectivity index (χ2n) is 7.74. The summed E-state index contributed by atoms with van der Waals surface area (Å²) in [5.41, 5.74) is 6.12. The smallest absolute Gasteiger partial charge is 0.169 e. The van der Waals surface area contributed by atoms with Gasteiger partial charge in [-0.3, -0.25) is 4.79 Å². The summed E-state index contributed by atoms with van der Waals surface area (Å²) in [6.07, 6.45) is 4.94. The number of allylic oxidation sites excluding steroid dienone is 2. The Labute approximate surface area is 140 Å². The number of Topliss-reactive ketones (excluding diaryl/α,β-unsaturated/α-hetero) is 1.